The van der Waals surface area contributed by atoms with Gasteiger partial charge < -0.3 is 9.97 Å². The van der Waals surface area contributed by atoms with E-state index in [4.69, 9.17) is 0 Å². The Morgan fingerprint density at radius 2 is 1.83 bits per heavy atom. The molecule has 6 heteroatoms. The first-order valence-corrected chi connectivity index (χ1v) is 7.61. The van der Waals surface area contributed by atoms with Crippen molar-refractivity contribution in [2.45, 2.75) is 13.0 Å². The van der Waals surface area contributed by atoms with E-state index >= 15 is 0 Å². The summed E-state index contributed by atoms with van der Waals surface area (Å²) in [5, 5.41) is 1.24. The summed E-state index contributed by atoms with van der Waals surface area (Å²) in [5.74, 6) is -0.316. The molecule has 2 N–H and O–H groups in total. The Kier molecular flexibility index (Phi) is 3.30. The number of hydrogen-bond acceptors (Lipinski definition) is 2. The average molecular weight is 323 g/mol. The van der Waals surface area contributed by atoms with Crippen molar-refractivity contribution in [3.63, 3.8) is 0 Å². The van der Waals surface area contributed by atoms with E-state index in [9.17, 15) is 14.0 Å². The van der Waals surface area contributed by atoms with Crippen LogP contribution in [0.25, 0.3) is 21.8 Å². The molecule has 5 nitrogen and oxygen atoms in total. The number of fused-ring (bicyclic) bond motifs is 2. The number of benzene rings is 2. The molecule has 0 radical (unpaired) electrons. The molecule has 2 heterocycles. The highest BCUT2D eigenvalue weighted by atomic mass is 19.1. The Hall–Kier alpha value is -3.15. The van der Waals surface area contributed by atoms with E-state index in [2.05, 4.69) is 9.97 Å². The summed E-state index contributed by atoms with van der Waals surface area (Å²) >= 11 is 0. The normalized spacial score (nSPS) is 11.4. The lowest BCUT2D eigenvalue weighted by atomic mass is 10.1. The highest BCUT2D eigenvalue weighted by Crippen LogP contribution is 2.20. The molecule has 4 rings (SSSR count). The minimum Gasteiger partial charge on any atom is -0.361 e. The van der Waals surface area contributed by atoms with Crippen LogP contribution in [0.15, 0.2) is 58.3 Å². The van der Waals surface area contributed by atoms with Crippen molar-refractivity contribution in [1.29, 1.82) is 0 Å². The number of aromatic nitrogens is 3. The van der Waals surface area contributed by atoms with Crippen molar-refractivity contribution >= 4 is 21.8 Å². The van der Waals surface area contributed by atoms with Crippen LogP contribution in [-0.4, -0.2) is 14.5 Å². The van der Waals surface area contributed by atoms with Gasteiger partial charge in [-0.1, -0.05) is 12.1 Å². The maximum Gasteiger partial charge on any atom is 0.328 e. The molecule has 0 fully saturated rings. The number of hydrogen-bond donors (Lipinski definition) is 2. The van der Waals surface area contributed by atoms with E-state index in [1.165, 1.54) is 16.7 Å². The summed E-state index contributed by atoms with van der Waals surface area (Å²) in [7, 11) is 0. The van der Waals surface area contributed by atoms with Crippen LogP contribution in [0.2, 0.25) is 0 Å². The number of para-hydroxylation sites is 1. The van der Waals surface area contributed by atoms with E-state index in [1.54, 1.807) is 36.5 Å². The Labute approximate surface area is 135 Å². The molecule has 120 valence electrons. The van der Waals surface area contributed by atoms with E-state index in [0.29, 0.717) is 17.3 Å². The molecule has 24 heavy (non-hydrogen) atoms. The minimum atomic E-state index is -0.440. The van der Waals surface area contributed by atoms with Gasteiger partial charge in [0.2, 0.25) is 0 Å². The number of halogens is 1. The van der Waals surface area contributed by atoms with Crippen LogP contribution in [0.5, 0.6) is 0 Å². The Balaban J connectivity index is 1.73. The first-order valence-electron chi connectivity index (χ1n) is 7.61. The number of aryl methyl sites for hydroxylation is 1. The highest BCUT2D eigenvalue weighted by molar-refractivity contribution is 5.83. The summed E-state index contributed by atoms with van der Waals surface area (Å²) < 4.78 is 14.6. The molecule has 2 aromatic carbocycles. The molecular weight excluding hydrogens is 309 g/mol. The molecule has 0 atom stereocenters. The molecule has 0 bridgehead atoms. The lowest BCUT2D eigenvalue weighted by Gasteiger charge is -2.06. The van der Waals surface area contributed by atoms with Gasteiger partial charge in [-0.25, -0.2) is 9.18 Å². The number of nitrogens with zero attached hydrogens (tertiary/aromatic N) is 1. The van der Waals surface area contributed by atoms with Gasteiger partial charge in [-0.3, -0.25) is 9.36 Å². The second-order valence-corrected chi connectivity index (χ2v) is 5.69. The van der Waals surface area contributed by atoms with Gasteiger partial charge in [0, 0.05) is 23.6 Å². The zero-order chi connectivity index (χ0) is 16.7. The van der Waals surface area contributed by atoms with Gasteiger partial charge in [0.1, 0.15) is 5.82 Å². The molecule has 0 saturated heterocycles. The van der Waals surface area contributed by atoms with Crippen molar-refractivity contribution < 1.29 is 4.39 Å². The molecule has 4 aromatic rings. The third kappa shape index (κ3) is 2.32. The van der Waals surface area contributed by atoms with Crippen LogP contribution in [0.3, 0.4) is 0 Å². The summed E-state index contributed by atoms with van der Waals surface area (Å²) in [5.41, 5.74) is 1.46. The molecule has 0 aliphatic carbocycles. The Bertz CT molecular complexity index is 1170. The monoisotopic (exact) mass is 323 g/mol. The lowest BCUT2D eigenvalue weighted by Crippen LogP contribution is -2.35. The first kappa shape index (κ1) is 14.4. The van der Waals surface area contributed by atoms with Crippen molar-refractivity contribution in [3.05, 3.63) is 80.9 Å². The van der Waals surface area contributed by atoms with Gasteiger partial charge in [-0.15, -0.1) is 0 Å². The predicted octanol–water partition coefficient (Wildman–Crippen LogP) is 2.55. The highest BCUT2D eigenvalue weighted by Gasteiger charge is 2.09. The van der Waals surface area contributed by atoms with E-state index in [-0.39, 0.29) is 17.9 Å². The van der Waals surface area contributed by atoms with Gasteiger partial charge in [-0.05, 0) is 42.3 Å². The maximum absolute atomic E-state index is 13.4. The fraction of sp³-hybridized carbons (Fsp3) is 0.111. The van der Waals surface area contributed by atoms with E-state index in [0.717, 1.165) is 16.5 Å². The maximum atomic E-state index is 13.4. The third-order valence-corrected chi connectivity index (χ3v) is 4.22. The Morgan fingerprint density at radius 3 is 2.71 bits per heavy atom. The summed E-state index contributed by atoms with van der Waals surface area (Å²) in [6.45, 7) is 0.225. The minimum absolute atomic E-state index is 0.225. The Morgan fingerprint density at radius 1 is 1.00 bits per heavy atom. The molecule has 0 aliphatic rings. The second kappa shape index (κ2) is 5.49. The van der Waals surface area contributed by atoms with Crippen LogP contribution in [-0.2, 0) is 13.0 Å². The van der Waals surface area contributed by atoms with Crippen LogP contribution >= 0.6 is 0 Å². The fourth-order valence-electron chi connectivity index (χ4n) is 2.99. The number of aromatic amines is 2. The molecule has 0 unspecified atom stereocenters. The van der Waals surface area contributed by atoms with Crippen LogP contribution in [0, 0.1) is 5.82 Å². The molecule has 0 saturated carbocycles. The summed E-state index contributed by atoms with van der Waals surface area (Å²) in [6, 6.07) is 11.4. The van der Waals surface area contributed by atoms with Gasteiger partial charge in [-0.2, -0.15) is 0 Å². The molecule has 0 amide bonds. The van der Waals surface area contributed by atoms with Crippen molar-refractivity contribution in [1.82, 2.24) is 14.5 Å². The zero-order valence-corrected chi connectivity index (χ0v) is 12.7. The fourth-order valence-corrected chi connectivity index (χ4v) is 2.99. The smallest absolute Gasteiger partial charge is 0.328 e. The number of nitrogens with one attached hydrogen (secondary N) is 2. The predicted molar refractivity (Wildman–Crippen MR) is 90.8 cm³/mol. The standard InChI is InChI=1S/C18H14FN3O2/c19-12-5-6-15-14(9-12)11(10-20-15)7-8-22-17(23)13-3-1-2-4-16(13)21-18(22)24/h1-6,9-10,20H,7-8H2,(H,21,24). The SMILES string of the molecule is O=c1[nH]c2ccccc2c(=O)n1CCc1c[nH]c2ccc(F)cc12. The molecule has 0 spiro atoms. The van der Waals surface area contributed by atoms with E-state index in [1.807, 2.05) is 0 Å². The van der Waals surface area contributed by atoms with Crippen molar-refractivity contribution in [2.75, 3.05) is 0 Å². The topological polar surface area (TPSA) is 70.7 Å². The first-order chi connectivity index (χ1) is 11.6. The largest absolute Gasteiger partial charge is 0.361 e. The van der Waals surface area contributed by atoms with Gasteiger partial charge in [0.05, 0.1) is 10.9 Å². The van der Waals surface area contributed by atoms with Crippen LogP contribution in [0.4, 0.5) is 4.39 Å². The number of H-pyrrole nitrogens is 2. The van der Waals surface area contributed by atoms with Gasteiger partial charge in [0.15, 0.2) is 0 Å². The van der Waals surface area contributed by atoms with Crippen LogP contribution in [0.1, 0.15) is 5.56 Å². The van der Waals surface area contributed by atoms with E-state index < -0.39 is 5.69 Å². The second-order valence-electron chi connectivity index (χ2n) is 5.69. The van der Waals surface area contributed by atoms with Gasteiger partial charge in [0.25, 0.3) is 5.56 Å². The van der Waals surface area contributed by atoms with Crippen molar-refractivity contribution in [2.24, 2.45) is 0 Å². The average Bonchev–Trinajstić information content (AvgIpc) is 2.97. The summed E-state index contributed by atoms with van der Waals surface area (Å²) in [6.07, 6.45) is 2.23. The molecular formula is C18H14FN3O2. The number of rotatable bonds is 3. The lowest BCUT2D eigenvalue weighted by molar-refractivity contribution is 0.628. The van der Waals surface area contributed by atoms with Crippen molar-refractivity contribution in [3.8, 4) is 0 Å². The van der Waals surface area contributed by atoms with Gasteiger partial charge >= 0.3 is 5.69 Å². The zero-order valence-electron chi connectivity index (χ0n) is 12.7. The van der Waals surface area contributed by atoms with Crippen LogP contribution < -0.4 is 11.2 Å². The quantitative estimate of drug-likeness (QED) is 0.608. The molecule has 2 aromatic heterocycles. The molecule has 0 aliphatic heterocycles. The summed E-state index contributed by atoms with van der Waals surface area (Å²) in [4.78, 5) is 30.5. The third-order valence-electron chi connectivity index (χ3n) is 4.22.